The van der Waals surface area contributed by atoms with Gasteiger partial charge in [0, 0.05) is 22.9 Å². The van der Waals surface area contributed by atoms with Gasteiger partial charge in [-0.15, -0.1) is 0 Å². The van der Waals surface area contributed by atoms with E-state index in [9.17, 15) is 9.90 Å². The number of aromatic nitrogens is 4. The van der Waals surface area contributed by atoms with Crippen LogP contribution in [0.3, 0.4) is 0 Å². The summed E-state index contributed by atoms with van der Waals surface area (Å²) in [6, 6.07) is 14.8. The summed E-state index contributed by atoms with van der Waals surface area (Å²) < 4.78 is 5.82. The molecule has 3 fully saturated rings. The molecule has 210 valence electrons. The highest BCUT2D eigenvalue weighted by atomic mass is 16.5. The van der Waals surface area contributed by atoms with Crippen molar-refractivity contribution < 1.29 is 14.4 Å². The molecule has 4 aromatic rings. The normalized spacial score (nSPS) is 23.6. The van der Waals surface area contributed by atoms with E-state index in [1.165, 1.54) is 0 Å². The Labute approximate surface area is 237 Å². The molecule has 0 radical (unpaired) electrons. The van der Waals surface area contributed by atoms with E-state index in [1.54, 1.807) is 12.3 Å². The fraction of sp³-hybridized carbons (Fsp3) is 0.367. The second-order valence-corrected chi connectivity index (χ2v) is 11.2. The summed E-state index contributed by atoms with van der Waals surface area (Å²) in [5.41, 5.74) is 3.78. The molecule has 0 saturated carbocycles. The lowest BCUT2D eigenvalue weighted by Crippen LogP contribution is -2.51. The molecule has 2 atom stereocenters. The molecule has 8 rings (SSSR count). The van der Waals surface area contributed by atoms with Crippen molar-refractivity contribution in [1.82, 2.24) is 30.3 Å². The molecule has 1 unspecified atom stereocenters. The lowest BCUT2D eigenvalue weighted by Gasteiger charge is -2.46. The molecular formula is C30H32N8O3. The largest absolute Gasteiger partial charge is 0.394 e. The molecular weight excluding hydrogens is 520 g/mol. The summed E-state index contributed by atoms with van der Waals surface area (Å²) in [5.74, 6) is 1.83. The maximum atomic E-state index is 12.1. The molecule has 4 aliphatic rings. The number of nitrogens with one attached hydrogen (secondary N) is 3. The van der Waals surface area contributed by atoms with Gasteiger partial charge in [0.05, 0.1) is 18.7 Å². The molecule has 3 saturated heterocycles. The smallest absolute Gasteiger partial charge is 0.263 e. The summed E-state index contributed by atoms with van der Waals surface area (Å²) in [6.45, 7) is 4.98. The van der Waals surface area contributed by atoms with Crippen LogP contribution < -0.4 is 16.0 Å². The van der Waals surface area contributed by atoms with E-state index in [0.717, 1.165) is 61.5 Å². The Balaban J connectivity index is 1.23. The average molecular weight is 553 g/mol. The number of amides is 1. The second-order valence-electron chi connectivity index (χ2n) is 11.2. The van der Waals surface area contributed by atoms with Gasteiger partial charge in [0.15, 0.2) is 5.82 Å². The maximum absolute atomic E-state index is 12.1. The highest BCUT2D eigenvalue weighted by Gasteiger charge is 2.44. The minimum Gasteiger partial charge on any atom is -0.394 e. The Bertz CT molecular complexity index is 1570. The average Bonchev–Trinajstić information content (AvgIpc) is 3.62. The van der Waals surface area contributed by atoms with Crippen molar-refractivity contribution in [1.29, 1.82) is 0 Å². The number of fused-ring (bicyclic) bond motifs is 4. The van der Waals surface area contributed by atoms with Crippen LogP contribution in [0.4, 0.5) is 17.5 Å². The number of nitrogens with zero attached hydrogens (tertiary/aromatic N) is 5. The quantitative estimate of drug-likeness (QED) is 0.254. The first-order valence-corrected chi connectivity index (χ1v) is 14.1. The van der Waals surface area contributed by atoms with E-state index in [2.05, 4.69) is 31.0 Å². The highest BCUT2D eigenvalue weighted by Crippen LogP contribution is 2.42. The lowest BCUT2D eigenvalue weighted by atomic mass is 9.71. The molecule has 2 aromatic carbocycles. The zero-order chi connectivity index (χ0) is 28.0. The molecule has 0 spiro atoms. The van der Waals surface area contributed by atoms with Gasteiger partial charge < -0.3 is 30.5 Å². The Morgan fingerprint density at radius 3 is 2.63 bits per heavy atom. The van der Waals surface area contributed by atoms with E-state index in [1.807, 2.05) is 49.4 Å². The minimum absolute atomic E-state index is 0.0505. The first-order valence-electron chi connectivity index (χ1n) is 14.1. The zero-order valence-corrected chi connectivity index (χ0v) is 22.8. The van der Waals surface area contributed by atoms with E-state index in [0.29, 0.717) is 28.8 Å². The van der Waals surface area contributed by atoms with Gasteiger partial charge in [0.1, 0.15) is 11.4 Å². The van der Waals surface area contributed by atoms with Gasteiger partial charge in [-0.3, -0.25) is 4.79 Å². The van der Waals surface area contributed by atoms with Gasteiger partial charge in [0.25, 0.3) is 11.8 Å². The first kappa shape index (κ1) is 25.6. The molecule has 41 heavy (non-hydrogen) atoms. The summed E-state index contributed by atoms with van der Waals surface area (Å²) >= 11 is 0. The minimum atomic E-state index is -0.417. The Morgan fingerprint density at radius 2 is 1.88 bits per heavy atom. The van der Waals surface area contributed by atoms with E-state index >= 15 is 0 Å². The van der Waals surface area contributed by atoms with Crippen molar-refractivity contribution >= 4 is 23.4 Å². The number of hydrogen-bond acceptors (Lipinski definition) is 10. The van der Waals surface area contributed by atoms with Crippen LogP contribution in [0.2, 0.25) is 0 Å². The van der Waals surface area contributed by atoms with Crippen molar-refractivity contribution in [2.24, 2.45) is 0 Å². The molecule has 4 N–H and O–H groups in total. The number of carbonyl (C=O) groups is 1. The molecule has 11 nitrogen and oxygen atoms in total. The van der Waals surface area contributed by atoms with Gasteiger partial charge in [-0.05, 0) is 75.1 Å². The zero-order valence-electron chi connectivity index (χ0n) is 22.8. The number of aliphatic hydroxyl groups excluding tert-OH is 1. The molecule has 0 aliphatic carbocycles. The van der Waals surface area contributed by atoms with Gasteiger partial charge in [-0.25, -0.2) is 4.98 Å². The summed E-state index contributed by atoms with van der Waals surface area (Å²) in [4.78, 5) is 28.9. The third-order valence-electron chi connectivity index (χ3n) is 8.70. The summed E-state index contributed by atoms with van der Waals surface area (Å²) in [5, 5.41) is 24.3. The van der Waals surface area contributed by atoms with Crippen molar-refractivity contribution in [3.8, 4) is 11.5 Å². The Hall–Kier alpha value is -4.35. The molecule has 2 bridgehead atoms. The van der Waals surface area contributed by atoms with Crippen LogP contribution in [0.5, 0.6) is 0 Å². The van der Waals surface area contributed by atoms with Crippen LogP contribution in [0.25, 0.3) is 11.5 Å². The number of hydrogen-bond donors (Lipinski definition) is 4. The van der Waals surface area contributed by atoms with Crippen LogP contribution >= 0.6 is 0 Å². The molecule has 6 heterocycles. The summed E-state index contributed by atoms with van der Waals surface area (Å²) in [7, 11) is 0. The number of benzene rings is 2. The fourth-order valence-electron chi connectivity index (χ4n) is 6.19. The molecule has 4 aliphatic heterocycles. The van der Waals surface area contributed by atoms with E-state index in [4.69, 9.17) is 14.5 Å². The predicted octanol–water partition coefficient (Wildman–Crippen LogP) is 3.96. The lowest BCUT2D eigenvalue weighted by molar-refractivity contribution is 0.0747. The number of piperidine rings is 3. The van der Waals surface area contributed by atoms with Crippen LogP contribution in [0.1, 0.15) is 65.6 Å². The Kier molecular flexibility index (Phi) is 6.40. The van der Waals surface area contributed by atoms with Gasteiger partial charge in [-0.1, -0.05) is 35.5 Å². The van der Waals surface area contributed by atoms with Crippen molar-refractivity contribution in [3.05, 3.63) is 77.2 Å². The second kappa shape index (κ2) is 10.2. The van der Waals surface area contributed by atoms with Crippen LogP contribution in [0, 0.1) is 0 Å². The van der Waals surface area contributed by atoms with Gasteiger partial charge in [-0.2, -0.15) is 9.97 Å². The number of aliphatic hydroxyl groups is 1. The SMILES string of the molecule is CC1NC(=O)c2ccc(Nc3ncc(-c4nc(C56CCN(CC5)CC6)no4)c(N[C@H](CO)c4ccccc4)n3)cc21. The monoisotopic (exact) mass is 552 g/mol. The Morgan fingerprint density at radius 1 is 1.10 bits per heavy atom. The molecule has 2 aromatic heterocycles. The van der Waals surface area contributed by atoms with E-state index < -0.39 is 6.04 Å². The standard InChI is InChI=1S/C30H32N8O3/c1-18-22-15-20(7-8-21(22)26(40)32-18)33-29-31-16-23(25(35-29)34-24(17-39)19-5-3-2-4-6-19)27-36-28(37-41-27)30-9-12-38(13-10-30)14-11-30/h2-8,15-16,18,24,39H,9-14,17H2,1H3,(H,32,40)(H2,31,33,34,35)/t18?,24-/m1/s1. The van der Waals surface area contributed by atoms with Crippen LogP contribution in [-0.2, 0) is 5.41 Å². The maximum Gasteiger partial charge on any atom is 0.263 e. The predicted molar refractivity (Wildman–Crippen MR) is 153 cm³/mol. The van der Waals surface area contributed by atoms with Crippen molar-refractivity contribution in [3.63, 3.8) is 0 Å². The first-order chi connectivity index (χ1) is 20.0. The summed E-state index contributed by atoms with van der Waals surface area (Å²) in [6.07, 6.45) is 4.74. The van der Waals surface area contributed by atoms with E-state index in [-0.39, 0.29) is 24.0 Å². The van der Waals surface area contributed by atoms with Gasteiger partial charge >= 0.3 is 0 Å². The number of anilines is 3. The number of carbonyl (C=O) groups excluding carboxylic acids is 1. The van der Waals surface area contributed by atoms with Crippen molar-refractivity contribution in [2.45, 2.75) is 43.7 Å². The topological polar surface area (TPSA) is 141 Å². The third kappa shape index (κ3) is 4.70. The fourth-order valence-corrected chi connectivity index (χ4v) is 6.19. The molecule has 1 amide bonds. The third-order valence-corrected chi connectivity index (χ3v) is 8.70. The highest BCUT2D eigenvalue weighted by molar-refractivity contribution is 5.99. The van der Waals surface area contributed by atoms with Crippen molar-refractivity contribution in [2.75, 3.05) is 36.9 Å². The number of rotatable bonds is 8. The van der Waals surface area contributed by atoms with Gasteiger partial charge in [0.2, 0.25) is 5.95 Å². The van der Waals surface area contributed by atoms with Crippen LogP contribution in [-0.4, -0.2) is 62.3 Å². The molecule has 11 heteroatoms. The van der Waals surface area contributed by atoms with Crippen LogP contribution in [0.15, 0.2) is 59.3 Å².